The number of carbonyl (C=O) groups is 2. The van der Waals surface area contributed by atoms with Crippen molar-refractivity contribution in [2.24, 2.45) is 0 Å². The zero-order valence-corrected chi connectivity index (χ0v) is 23.5. The van der Waals surface area contributed by atoms with Crippen LogP contribution in [0.15, 0.2) is 97.1 Å². The molecule has 1 fully saturated rings. The first-order valence-electron chi connectivity index (χ1n) is 14.0. The van der Waals surface area contributed by atoms with Gasteiger partial charge >= 0.3 is 5.97 Å². The predicted molar refractivity (Wildman–Crippen MR) is 156 cm³/mol. The van der Waals surface area contributed by atoms with Crippen LogP contribution in [0.5, 0.6) is 5.75 Å². The largest absolute Gasteiger partial charge is 0.530 e. The van der Waals surface area contributed by atoms with Crippen molar-refractivity contribution in [2.75, 3.05) is 33.4 Å². The molecule has 8 nitrogen and oxygen atoms in total. The molecule has 0 spiro atoms. The van der Waals surface area contributed by atoms with Gasteiger partial charge in [-0.15, -0.1) is 0 Å². The number of carbonyl (C=O) groups excluding carboxylic acids is 2. The number of nitrogens with zero attached hydrogens (tertiary/aromatic N) is 1. The molecule has 0 saturated carbocycles. The van der Waals surface area contributed by atoms with Crippen molar-refractivity contribution < 1.29 is 33.6 Å². The topological polar surface area (TPSA) is 97.4 Å². The molecular weight excluding hydrogens is 534 g/mol. The second kappa shape index (κ2) is 14.0. The van der Waals surface area contributed by atoms with Crippen LogP contribution in [0.1, 0.15) is 35.1 Å². The fraction of sp³-hybridized carbons (Fsp3) is 0.294. The number of benzene rings is 4. The highest BCUT2D eigenvalue weighted by Crippen LogP contribution is 2.32. The Bertz CT molecular complexity index is 1470. The summed E-state index contributed by atoms with van der Waals surface area (Å²) in [6, 6.07) is 31.2. The number of fused-ring (bicyclic) bond motifs is 1. The number of piperidine rings is 1. The van der Waals surface area contributed by atoms with E-state index in [0.717, 1.165) is 27.5 Å². The summed E-state index contributed by atoms with van der Waals surface area (Å²) in [5, 5.41) is 13.9. The Morgan fingerprint density at radius 2 is 1.64 bits per heavy atom. The van der Waals surface area contributed by atoms with Crippen LogP contribution in [0, 0.1) is 0 Å². The molecule has 1 aliphatic rings. The SMILES string of the molecule is COC(C(=O)OCCOc1ccc(C2CCN(C(=O)[O-])CC2OCc2ccc3ccccc3c2)cc1)c1ccccc1. The number of likely N-dealkylation sites (tertiary alicyclic amines) is 1. The zero-order chi connectivity index (χ0) is 29.3. The molecule has 0 aromatic heterocycles. The summed E-state index contributed by atoms with van der Waals surface area (Å²) < 4.78 is 22.8. The van der Waals surface area contributed by atoms with Gasteiger partial charge in [0, 0.05) is 26.1 Å². The van der Waals surface area contributed by atoms with Gasteiger partial charge in [-0.05, 0) is 52.1 Å². The molecule has 8 heteroatoms. The molecule has 3 unspecified atom stereocenters. The first kappa shape index (κ1) is 29.1. The van der Waals surface area contributed by atoms with Gasteiger partial charge in [-0.2, -0.15) is 0 Å². The summed E-state index contributed by atoms with van der Waals surface area (Å²) in [5.74, 6) is 0.183. The van der Waals surface area contributed by atoms with Crippen LogP contribution in [0.4, 0.5) is 4.79 Å². The Kier molecular flexibility index (Phi) is 9.69. The van der Waals surface area contributed by atoms with Crippen LogP contribution >= 0.6 is 0 Å². The van der Waals surface area contributed by atoms with Gasteiger partial charge in [0.05, 0.1) is 12.7 Å². The third kappa shape index (κ3) is 7.26. The predicted octanol–water partition coefficient (Wildman–Crippen LogP) is 4.87. The van der Waals surface area contributed by atoms with E-state index in [1.165, 1.54) is 12.0 Å². The van der Waals surface area contributed by atoms with Crippen LogP contribution in [0.25, 0.3) is 10.8 Å². The second-order valence-electron chi connectivity index (χ2n) is 10.2. The number of hydrogen-bond acceptors (Lipinski definition) is 7. The Balaban J connectivity index is 1.16. The van der Waals surface area contributed by atoms with Crippen LogP contribution in [-0.4, -0.2) is 56.5 Å². The molecule has 5 rings (SSSR count). The fourth-order valence-corrected chi connectivity index (χ4v) is 5.35. The lowest BCUT2D eigenvalue weighted by Crippen LogP contribution is -2.51. The number of ether oxygens (including phenoxy) is 4. The van der Waals surface area contributed by atoms with E-state index in [4.69, 9.17) is 18.9 Å². The third-order valence-corrected chi connectivity index (χ3v) is 7.55. The first-order valence-corrected chi connectivity index (χ1v) is 14.0. The van der Waals surface area contributed by atoms with Gasteiger partial charge in [0.25, 0.3) is 0 Å². The molecule has 0 bridgehead atoms. The van der Waals surface area contributed by atoms with Gasteiger partial charge in [0.2, 0.25) is 0 Å². The van der Waals surface area contributed by atoms with E-state index in [1.54, 1.807) is 0 Å². The van der Waals surface area contributed by atoms with Crippen molar-refractivity contribution in [1.29, 1.82) is 0 Å². The third-order valence-electron chi connectivity index (χ3n) is 7.55. The number of hydrogen-bond donors (Lipinski definition) is 0. The molecule has 0 N–H and O–H groups in total. The highest BCUT2D eigenvalue weighted by Gasteiger charge is 2.31. The molecular formula is C34H34NO7-. The molecule has 4 aromatic rings. The highest BCUT2D eigenvalue weighted by atomic mass is 16.6. The molecule has 218 valence electrons. The summed E-state index contributed by atoms with van der Waals surface area (Å²) in [5.41, 5.74) is 2.80. The van der Waals surface area contributed by atoms with Crippen molar-refractivity contribution in [3.63, 3.8) is 0 Å². The van der Waals surface area contributed by atoms with E-state index in [2.05, 4.69) is 24.3 Å². The fourth-order valence-electron chi connectivity index (χ4n) is 5.35. The molecule has 0 radical (unpaired) electrons. The maximum absolute atomic E-state index is 12.4. The van der Waals surface area contributed by atoms with E-state index in [0.29, 0.717) is 25.3 Å². The Morgan fingerprint density at radius 3 is 2.38 bits per heavy atom. The monoisotopic (exact) mass is 568 g/mol. The average Bonchev–Trinajstić information content (AvgIpc) is 3.03. The van der Waals surface area contributed by atoms with Crippen LogP contribution in [0.2, 0.25) is 0 Å². The minimum Gasteiger partial charge on any atom is -0.530 e. The number of methoxy groups -OCH3 is 1. The van der Waals surface area contributed by atoms with Crippen molar-refractivity contribution in [1.82, 2.24) is 4.90 Å². The number of esters is 1. The number of carboxylic acid groups (broad SMARTS) is 1. The summed E-state index contributed by atoms with van der Waals surface area (Å²) in [6.45, 7) is 1.28. The van der Waals surface area contributed by atoms with E-state index in [9.17, 15) is 14.7 Å². The van der Waals surface area contributed by atoms with Gasteiger partial charge in [0.15, 0.2) is 6.10 Å². The quantitative estimate of drug-likeness (QED) is 0.188. The van der Waals surface area contributed by atoms with Gasteiger partial charge in [-0.25, -0.2) is 4.79 Å². The van der Waals surface area contributed by atoms with Crippen molar-refractivity contribution in [2.45, 2.75) is 31.2 Å². The summed E-state index contributed by atoms with van der Waals surface area (Å²) in [4.78, 5) is 25.4. The second-order valence-corrected chi connectivity index (χ2v) is 10.2. The maximum Gasteiger partial charge on any atom is 0.340 e. The standard InChI is InChI=1S/C34H35NO7/c1-39-32(27-8-3-2-4-9-27)33(36)41-20-19-40-29-15-13-26(14-16-29)30-17-18-35(34(37)38)22-31(30)42-23-24-11-12-25-7-5-6-10-28(25)21-24/h2-16,21,30-32H,17-20,22-23H2,1H3,(H,37,38)/p-1. The Hall–Kier alpha value is -4.40. The molecule has 3 atom stereocenters. The zero-order valence-electron chi connectivity index (χ0n) is 23.5. The van der Waals surface area contributed by atoms with Crippen molar-refractivity contribution in [3.8, 4) is 5.75 Å². The van der Waals surface area contributed by atoms with E-state index < -0.39 is 18.2 Å². The van der Waals surface area contributed by atoms with Crippen LogP contribution < -0.4 is 9.84 Å². The smallest absolute Gasteiger partial charge is 0.340 e. The van der Waals surface area contributed by atoms with Gasteiger partial charge in [-0.3, -0.25) is 0 Å². The average molecular weight is 569 g/mol. The lowest BCUT2D eigenvalue weighted by atomic mass is 9.87. The van der Waals surface area contributed by atoms with Gasteiger partial charge < -0.3 is 33.7 Å². The lowest BCUT2D eigenvalue weighted by molar-refractivity contribution is -0.268. The van der Waals surface area contributed by atoms with E-state index in [-0.39, 0.29) is 31.8 Å². The molecule has 4 aromatic carbocycles. The summed E-state index contributed by atoms with van der Waals surface area (Å²) in [7, 11) is 1.47. The molecule has 0 aliphatic carbocycles. The Labute approximate surface area is 245 Å². The molecule has 1 saturated heterocycles. The summed E-state index contributed by atoms with van der Waals surface area (Å²) in [6.07, 6.45) is -1.68. The highest BCUT2D eigenvalue weighted by molar-refractivity contribution is 5.83. The summed E-state index contributed by atoms with van der Waals surface area (Å²) >= 11 is 0. The van der Waals surface area contributed by atoms with Crippen LogP contribution in [0.3, 0.4) is 0 Å². The number of rotatable bonds is 11. The first-order chi connectivity index (χ1) is 20.5. The molecule has 1 amide bonds. The Morgan fingerprint density at radius 1 is 0.905 bits per heavy atom. The van der Waals surface area contributed by atoms with E-state index >= 15 is 0 Å². The number of amides is 1. The molecule has 1 heterocycles. The van der Waals surface area contributed by atoms with Crippen molar-refractivity contribution >= 4 is 22.8 Å². The van der Waals surface area contributed by atoms with Gasteiger partial charge in [-0.1, -0.05) is 78.9 Å². The molecule has 1 aliphatic heterocycles. The minimum atomic E-state index is -1.18. The minimum absolute atomic E-state index is 0.0139. The van der Waals surface area contributed by atoms with E-state index in [1.807, 2.05) is 72.8 Å². The van der Waals surface area contributed by atoms with Crippen LogP contribution in [-0.2, 0) is 25.6 Å². The van der Waals surface area contributed by atoms with Crippen molar-refractivity contribution in [3.05, 3.63) is 114 Å². The normalized spacial score (nSPS) is 17.5. The molecule has 42 heavy (non-hydrogen) atoms. The van der Waals surface area contributed by atoms with Gasteiger partial charge in [0.1, 0.15) is 25.1 Å². The maximum atomic E-state index is 12.4. The lowest BCUT2D eigenvalue weighted by Gasteiger charge is -2.40.